The van der Waals surface area contributed by atoms with Gasteiger partial charge in [0.1, 0.15) is 0 Å². The maximum atomic E-state index is 11.5. The molecule has 4 nitrogen and oxygen atoms in total. The van der Waals surface area contributed by atoms with Gasteiger partial charge >= 0.3 is 0 Å². The molecule has 1 aromatic rings. The van der Waals surface area contributed by atoms with E-state index in [1.807, 2.05) is 13.0 Å². The third-order valence-electron chi connectivity index (χ3n) is 3.01. The number of halogens is 1. The fourth-order valence-electron chi connectivity index (χ4n) is 2.14. The first-order valence-electron chi connectivity index (χ1n) is 5.49. The second-order valence-electron chi connectivity index (χ2n) is 4.29. The molecule has 0 aliphatic carbocycles. The zero-order valence-corrected chi connectivity index (χ0v) is 11.2. The summed E-state index contributed by atoms with van der Waals surface area (Å²) in [5.41, 5.74) is 1.94. The minimum Gasteiger partial charge on any atom is -0.365 e. The van der Waals surface area contributed by atoms with E-state index in [0.717, 1.165) is 11.3 Å². The number of rotatable bonds is 2. The van der Waals surface area contributed by atoms with Gasteiger partial charge in [0.15, 0.2) is 9.84 Å². The van der Waals surface area contributed by atoms with Gasteiger partial charge in [0.25, 0.3) is 0 Å². The maximum Gasteiger partial charge on any atom is 0.154 e. The lowest BCUT2D eigenvalue weighted by Crippen LogP contribution is -2.47. The summed E-state index contributed by atoms with van der Waals surface area (Å²) in [6.45, 7) is 2.43. The maximum absolute atomic E-state index is 11.5. The van der Waals surface area contributed by atoms with Crippen LogP contribution in [0.25, 0.3) is 0 Å². The number of hydrogen-bond acceptors (Lipinski definition) is 4. The SMILES string of the molecule is CC1CS(=O)(=O)CCN1c1cnccc1CCl. The van der Waals surface area contributed by atoms with Crippen molar-refractivity contribution in [2.45, 2.75) is 18.8 Å². The number of aromatic nitrogens is 1. The van der Waals surface area contributed by atoms with Gasteiger partial charge < -0.3 is 4.90 Å². The standard InChI is InChI=1S/C11H15ClN2O2S/c1-9-8-17(15,16)5-4-14(9)11-7-13-3-2-10(11)6-12/h2-3,7,9H,4-6,8H2,1H3. The Bertz CT molecular complexity index is 504. The minimum atomic E-state index is -2.89. The van der Waals surface area contributed by atoms with E-state index >= 15 is 0 Å². The molecule has 1 aliphatic rings. The molecular formula is C11H15ClN2O2S. The molecule has 0 bridgehead atoms. The molecular weight excluding hydrogens is 260 g/mol. The minimum absolute atomic E-state index is 0.0279. The summed E-state index contributed by atoms with van der Waals surface area (Å²) in [6, 6.07) is 1.85. The van der Waals surface area contributed by atoms with Crippen LogP contribution in [0.15, 0.2) is 18.5 Å². The van der Waals surface area contributed by atoms with E-state index in [4.69, 9.17) is 11.6 Å². The van der Waals surface area contributed by atoms with Crippen LogP contribution in [0.2, 0.25) is 0 Å². The van der Waals surface area contributed by atoms with Gasteiger partial charge in [-0.2, -0.15) is 0 Å². The van der Waals surface area contributed by atoms with Crippen LogP contribution in [0.4, 0.5) is 5.69 Å². The Morgan fingerprint density at radius 3 is 3.00 bits per heavy atom. The highest BCUT2D eigenvalue weighted by Crippen LogP contribution is 2.25. The summed E-state index contributed by atoms with van der Waals surface area (Å²) in [4.78, 5) is 6.16. The Hall–Kier alpha value is -0.810. The highest BCUT2D eigenvalue weighted by molar-refractivity contribution is 7.91. The molecule has 1 fully saturated rings. The van der Waals surface area contributed by atoms with Crippen molar-refractivity contribution in [3.05, 3.63) is 24.0 Å². The van der Waals surface area contributed by atoms with E-state index in [0.29, 0.717) is 12.4 Å². The molecule has 1 atom stereocenters. The molecule has 0 aromatic carbocycles. The third kappa shape index (κ3) is 2.72. The van der Waals surface area contributed by atoms with E-state index in [9.17, 15) is 8.42 Å². The van der Waals surface area contributed by atoms with Gasteiger partial charge in [-0.1, -0.05) is 0 Å². The fourth-order valence-corrected chi connectivity index (χ4v) is 3.93. The Kier molecular flexibility index (Phi) is 3.58. The largest absolute Gasteiger partial charge is 0.365 e. The van der Waals surface area contributed by atoms with Crippen LogP contribution in [0.3, 0.4) is 0 Å². The molecule has 0 radical (unpaired) electrons. The molecule has 1 aromatic heterocycles. The van der Waals surface area contributed by atoms with Gasteiger partial charge in [0.2, 0.25) is 0 Å². The lowest BCUT2D eigenvalue weighted by Gasteiger charge is -2.35. The van der Waals surface area contributed by atoms with Gasteiger partial charge in [-0.15, -0.1) is 11.6 Å². The molecule has 94 valence electrons. The van der Waals surface area contributed by atoms with Crippen LogP contribution in [0.5, 0.6) is 0 Å². The lowest BCUT2D eigenvalue weighted by atomic mass is 10.2. The number of hydrogen-bond donors (Lipinski definition) is 0. The van der Waals surface area contributed by atoms with Crippen molar-refractivity contribution in [2.75, 3.05) is 23.0 Å². The number of anilines is 1. The molecule has 0 spiro atoms. The van der Waals surface area contributed by atoms with Crippen LogP contribution in [0, 0.1) is 0 Å². The first-order valence-corrected chi connectivity index (χ1v) is 7.85. The Labute approximate surface area is 107 Å². The first-order chi connectivity index (χ1) is 8.03. The summed E-state index contributed by atoms with van der Waals surface area (Å²) >= 11 is 5.88. The van der Waals surface area contributed by atoms with E-state index < -0.39 is 9.84 Å². The van der Waals surface area contributed by atoms with Crippen LogP contribution in [-0.4, -0.2) is 37.5 Å². The topological polar surface area (TPSA) is 50.3 Å². The Morgan fingerprint density at radius 2 is 2.35 bits per heavy atom. The zero-order valence-electron chi connectivity index (χ0n) is 9.63. The molecule has 2 rings (SSSR count). The lowest BCUT2D eigenvalue weighted by molar-refractivity contribution is 0.568. The second kappa shape index (κ2) is 4.82. The predicted octanol–water partition coefficient (Wildman–Crippen LogP) is 1.44. The van der Waals surface area contributed by atoms with Gasteiger partial charge in [0, 0.05) is 24.7 Å². The van der Waals surface area contributed by atoms with Crippen LogP contribution >= 0.6 is 11.6 Å². The van der Waals surface area contributed by atoms with Gasteiger partial charge in [-0.3, -0.25) is 4.98 Å². The quantitative estimate of drug-likeness (QED) is 0.766. The highest BCUT2D eigenvalue weighted by Gasteiger charge is 2.29. The number of sulfone groups is 1. The van der Waals surface area contributed by atoms with Crippen LogP contribution in [0.1, 0.15) is 12.5 Å². The third-order valence-corrected chi connectivity index (χ3v) is 5.09. The van der Waals surface area contributed by atoms with E-state index in [2.05, 4.69) is 9.88 Å². The van der Waals surface area contributed by atoms with Crippen molar-refractivity contribution in [3.63, 3.8) is 0 Å². The van der Waals surface area contributed by atoms with Gasteiger partial charge in [0.05, 0.1) is 23.4 Å². The van der Waals surface area contributed by atoms with E-state index in [1.165, 1.54) is 0 Å². The van der Waals surface area contributed by atoms with Crippen molar-refractivity contribution >= 4 is 27.1 Å². The normalized spacial score (nSPS) is 23.6. The first kappa shape index (κ1) is 12.6. The summed E-state index contributed by atoms with van der Waals surface area (Å²) in [6.07, 6.45) is 3.46. The number of nitrogens with zero attached hydrogens (tertiary/aromatic N) is 2. The summed E-state index contributed by atoms with van der Waals surface area (Å²) in [5.74, 6) is 0.811. The van der Waals surface area contributed by atoms with E-state index in [-0.39, 0.29) is 17.5 Å². The molecule has 1 saturated heterocycles. The molecule has 2 heterocycles. The zero-order chi connectivity index (χ0) is 12.5. The molecule has 6 heteroatoms. The predicted molar refractivity (Wildman–Crippen MR) is 69.3 cm³/mol. The summed E-state index contributed by atoms with van der Waals surface area (Å²) in [5, 5.41) is 0. The average Bonchev–Trinajstić information content (AvgIpc) is 2.28. The molecule has 0 amide bonds. The van der Waals surface area contributed by atoms with Crippen molar-refractivity contribution in [1.82, 2.24) is 4.98 Å². The molecule has 1 unspecified atom stereocenters. The Morgan fingerprint density at radius 1 is 1.59 bits per heavy atom. The fraction of sp³-hybridized carbons (Fsp3) is 0.545. The summed E-state index contributed by atoms with van der Waals surface area (Å²) < 4.78 is 23.0. The smallest absolute Gasteiger partial charge is 0.154 e. The highest BCUT2D eigenvalue weighted by atomic mass is 35.5. The molecule has 0 saturated carbocycles. The van der Waals surface area contributed by atoms with Gasteiger partial charge in [-0.25, -0.2) is 8.42 Å². The van der Waals surface area contributed by atoms with Crippen LogP contribution < -0.4 is 4.90 Å². The van der Waals surface area contributed by atoms with Crippen molar-refractivity contribution in [3.8, 4) is 0 Å². The molecule has 0 N–H and O–H groups in total. The van der Waals surface area contributed by atoms with Crippen molar-refractivity contribution in [2.24, 2.45) is 0 Å². The van der Waals surface area contributed by atoms with Gasteiger partial charge in [-0.05, 0) is 18.6 Å². The number of pyridine rings is 1. The number of alkyl halides is 1. The van der Waals surface area contributed by atoms with Crippen LogP contribution in [-0.2, 0) is 15.7 Å². The Balaban J connectivity index is 2.29. The molecule has 17 heavy (non-hydrogen) atoms. The molecule has 1 aliphatic heterocycles. The second-order valence-corrected chi connectivity index (χ2v) is 6.79. The van der Waals surface area contributed by atoms with E-state index in [1.54, 1.807) is 12.4 Å². The van der Waals surface area contributed by atoms with Crippen molar-refractivity contribution in [1.29, 1.82) is 0 Å². The summed E-state index contributed by atoms with van der Waals surface area (Å²) in [7, 11) is -2.89. The van der Waals surface area contributed by atoms with Crippen molar-refractivity contribution < 1.29 is 8.42 Å². The monoisotopic (exact) mass is 274 g/mol. The average molecular weight is 275 g/mol.